The van der Waals surface area contributed by atoms with Crippen molar-refractivity contribution in [1.82, 2.24) is 0 Å². The van der Waals surface area contributed by atoms with Gasteiger partial charge in [0.2, 0.25) is 0 Å². The molecule has 0 amide bonds. The van der Waals surface area contributed by atoms with E-state index in [4.69, 9.17) is 9.47 Å². The fourth-order valence-electron chi connectivity index (χ4n) is 1.14. The summed E-state index contributed by atoms with van der Waals surface area (Å²) in [7, 11) is 0. The average molecular weight is 170 g/mol. The predicted molar refractivity (Wildman–Crippen MR) is 45.0 cm³/mol. The summed E-state index contributed by atoms with van der Waals surface area (Å²) in [5.74, 6) is 0. The van der Waals surface area contributed by atoms with Gasteiger partial charge in [-0.2, -0.15) is 0 Å². The average Bonchev–Trinajstić information content (AvgIpc) is 2.80. The number of aldehydes is 1. The molecule has 1 saturated heterocycles. The van der Waals surface area contributed by atoms with Crippen LogP contribution in [0.1, 0.15) is 13.8 Å². The van der Waals surface area contributed by atoms with Crippen LogP contribution in [0.25, 0.3) is 0 Å². The van der Waals surface area contributed by atoms with Gasteiger partial charge in [0.15, 0.2) is 6.29 Å². The SMILES string of the molecule is C=CCOC(C)(C)[C@H]1O[C@H]1C=O. The van der Waals surface area contributed by atoms with Crippen LogP contribution < -0.4 is 0 Å². The Balaban J connectivity index is 2.38. The molecule has 3 nitrogen and oxygen atoms in total. The van der Waals surface area contributed by atoms with Crippen molar-refractivity contribution in [3.8, 4) is 0 Å². The maximum atomic E-state index is 10.3. The van der Waals surface area contributed by atoms with E-state index in [9.17, 15) is 4.79 Å². The van der Waals surface area contributed by atoms with E-state index in [2.05, 4.69) is 6.58 Å². The highest BCUT2D eigenvalue weighted by atomic mass is 16.6. The lowest BCUT2D eigenvalue weighted by Crippen LogP contribution is -2.33. The van der Waals surface area contributed by atoms with E-state index in [0.29, 0.717) is 6.61 Å². The molecule has 0 N–H and O–H groups in total. The highest BCUT2D eigenvalue weighted by molar-refractivity contribution is 5.61. The zero-order chi connectivity index (χ0) is 9.19. The van der Waals surface area contributed by atoms with E-state index in [0.717, 1.165) is 6.29 Å². The Hall–Kier alpha value is -0.670. The number of carbonyl (C=O) groups excluding carboxylic acids is 1. The molecule has 1 aliphatic heterocycles. The van der Waals surface area contributed by atoms with Crippen molar-refractivity contribution in [2.45, 2.75) is 31.7 Å². The second-order valence-electron chi connectivity index (χ2n) is 3.36. The molecule has 0 bridgehead atoms. The lowest BCUT2D eigenvalue weighted by molar-refractivity contribution is -0.108. The maximum absolute atomic E-state index is 10.3. The second kappa shape index (κ2) is 3.37. The molecule has 2 atom stereocenters. The largest absolute Gasteiger partial charge is 0.369 e. The molecular weight excluding hydrogens is 156 g/mol. The molecule has 0 aliphatic carbocycles. The summed E-state index contributed by atoms with van der Waals surface area (Å²) in [5, 5.41) is 0. The summed E-state index contributed by atoms with van der Waals surface area (Å²) in [5.41, 5.74) is -0.389. The zero-order valence-corrected chi connectivity index (χ0v) is 7.45. The van der Waals surface area contributed by atoms with Gasteiger partial charge in [-0.3, -0.25) is 0 Å². The fraction of sp³-hybridized carbons (Fsp3) is 0.667. The van der Waals surface area contributed by atoms with Crippen molar-refractivity contribution in [2.24, 2.45) is 0 Å². The van der Waals surface area contributed by atoms with Gasteiger partial charge in [0.1, 0.15) is 12.2 Å². The van der Waals surface area contributed by atoms with Crippen molar-refractivity contribution in [3.05, 3.63) is 12.7 Å². The molecule has 12 heavy (non-hydrogen) atoms. The van der Waals surface area contributed by atoms with Crippen molar-refractivity contribution < 1.29 is 14.3 Å². The molecule has 0 aromatic rings. The number of ether oxygens (including phenoxy) is 2. The van der Waals surface area contributed by atoms with E-state index in [1.54, 1.807) is 6.08 Å². The van der Waals surface area contributed by atoms with Crippen molar-refractivity contribution in [1.29, 1.82) is 0 Å². The summed E-state index contributed by atoms with van der Waals surface area (Å²) in [6.45, 7) is 7.85. The van der Waals surface area contributed by atoms with Crippen LogP contribution in [0, 0.1) is 0 Å². The number of carbonyl (C=O) groups is 1. The Morgan fingerprint density at radius 2 is 2.33 bits per heavy atom. The van der Waals surface area contributed by atoms with Crippen LogP contribution in [0.2, 0.25) is 0 Å². The first kappa shape index (κ1) is 9.42. The quantitative estimate of drug-likeness (QED) is 0.350. The van der Waals surface area contributed by atoms with Gasteiger partial charge in [-0.1, -0.05) is 6.08 Å². The van der Waals surface area contributed by atoms with E-state index in [1.165, 1.54) is 0 Å². The first-order valence-corrected chi connectivity index (χ1v) is 3.97. The van der Waals surface area contributed by atoms with Crippen LogP contribution >= 0.6 is 0 Å². The van der Waals surface area contributed by atoms with Crippen molar-refractivity contribution >= 4 is 6.29 Å². The van der Waals surface area contributed by atoms with Crippen LogP contribution in [0.5, 0.6) is 0 Å². The number of rotatable bonds is 5. The molecule has 0 saturated carbocycles. The Kier molecular flexibility index (Phi) is 2.65. The first-order chi connectivity index (χ1) is 5.61. The molecule has 0 spiro atoms. The van der Waals surface area contributed by atoms with Crippen LogP contribution in [-0.2, 0) is 14.3 Å². The van der Waals surface area contributed by atoms with Gasteiger partial charge in [0.25, 0.3) is 0 Å². The first-order valence-electron chi connectivity index (χ1n) is 3.97. The van der Waals surface area contributed by atoms with Gasteiger partial charge >= 0.3 is 0 Å². The number of hydrogen-bond donors (Lipinski definition) is 0. The van der Waals surface area contributed by atoms with E-state index >= 15 is 0 Å². The van der Waals surface area contributed by atoms with E-state index in [1.807, 2.05) is 13.8 Å². The standard InChI is InChI=1S/C9H14O3/c1-4-5-11-9(2,3)8-7(6-10)12-8/h4,6-8H,1,5H2,2-3H3/t7-,8-/m0/s1. The molecule has 0 aromatic heterocycles. The second-order valence-corrected chi connectivity index (χ2v) is 3.36. The molecule has 1 fully saturated rings. The van der Waals surface area contributed by atoms with Gasteiger partial charge < -0.3 is 14.3 Å². The highest BCUT2D eigenvalue weighted by Gasteiger charge is 2.50. The highest BCUT2D eigenvalue weighted by Crippen LogP contribution is 2.33. The third kappa shape index (κ3) is 1.93. The predicted octanol–water partition coefficient (Wildman–Crippen LogP) is 0.934. The Labute approximate surface area is 72.4 Å². The van der Waals surface area contributed by atoms with Gasteiger partial charge in [-0.15, -0.1) is 6.58 Å². The van der Waals surface area contributed by atoms with Gasteiger partial charge in [-0.25, -0.2) is 0 Å². The molecule has 68 valence electrons. The van der Waals surface area contributed by atoms with E-state index in [-0.39, 0.29) is 17.8 Å². The number of hydrogen-bond acceptors (Lipinski definition) is 3. The summed E-state index contributed by atoms with van der Waals surface area (Å²) in [4.78, 5) is 10.3. The third-order valence-electron chi connectivity index (χ3n) is 1.92. The van der Waals surface area contributed by atoms with Crippen LogP contribution in [0.4, 0.5) is 0 Å². The fourth-order valence-corrected chi connectivity index (χ4v) is 1.14. The van der Waals surface area contributed by atoms with E-state index < -0.39 is 0 Å². The monoisotopic (exact) mass is 170 g/mol. The zero-order valence-electron chi connectivity index (χ0n) is 7.45. The normalized spacial score (nSPS) is 28.2. The lowest BCUT2D eigenvalue weighted by atomic mass is 10.0. The van der Waals surface area contributed by atoms with Gasteiger partial charge in [0, 0.05) is 0 Å². The molecule has 0 unspecified atom stereocenters. The Morgan fingerprint density at radius 1 is 1.67 bits per heavy atom. The molecule has 0 aromatic carbocycles. The molecule has 1 aliphatic rings. The van der Waals surface area contributed by atoms with Crippen molar-refractivity contribution in [2.75, 3.05) is 6.61 Å². The topological polar surface area (TPSA) is 38.8 Å². The third-order valence-corrected chi connectivity index (χ3v) is 1.92. The summed E-state index contributed by atoms with van der Waals surface area (Å²) >= 11 is 0. The maximum Gasteiger partial charge on any atom is 0.151 e. The lowest BCUT2D eigenvalue weighted by Gasteiger charge is -2.21. The smallest absolute Gasteiger partial charge is 0.151 e. The molecule has 3 heteroatoms. The molecule has 1 rings (SSSR count). The molecule has 0 radical (unpaired) electrons. The summed E-state index contributed by atoms with van der Waals surface area (Å²) in [6, 6.07) is 0. The molecule has 1 heterocycles. The summed E-state index contributed by atoms with van der Waals surface area (Å²) in [6.07, 6.45) is 2.13. The van der Waals surface area contributed by atoms with Crippen molar-refractivity contribution in [3.63, 3.8) is 0 Å². The minimum absolute atomic E-state index is 0.0880. The van der Waals surface area contributed by atoms with Gasteiger partial charge in [-0.05, 0) is 13.8 Å². The van der Waals surface area contributed by atoms with Crippen LogP contribution in [0.15, 0.2) is 12.7 Å². The Morgan fingerprint density at radius 3 is 2.75 bits per heavy atom. The number of epoxide rings is 1. The Bertz CT molecular complexity index is 186. The van der Waals surface area contributed by atoms with Gasteiger partial charge in [0.05, 0.1) is 12.2 Å². The van der Waals surface area contributed by atoms with Crippen LogP contribution in [-0.4, -0.2) is 30.7 Å². The summed E-state index contributed by atoms with van der Waals surface area (Å²) < 4.78 is 10.5. The minimum Gasteiger partial charge on any atom is -0.369 e. The molecular formula is C9H14O3. The van der Waals surface area contributed by atoms with Crippen LogP contribution in [0.3, 0.4) is 0 Å². The minimum atomic E-state index is -0.389.